The van der Waals surface area contributed by atoms with Crippen molar-refractivity contribution in [3.63, 3.8) is 0 Å². The average Bonchev–Trinajstić information content (AvgIpc) is 3.27. The number of nitrogens with zero attached hydrogens (tertiary/aromatic N) is 7. The van der Waals surface area contributed by atoms with Crippen molar-refractivity contribution in [3.8, 4) is 5.82 Å². The fourth-order valence-electron chi connectivity index (χ4n) is 1.99. The fraction of sp³-hybridized carbons (Fsp3) is 0.417. The maximum atomic E-state index is 12.4. The zero-order valence-electron chi connectivity index (χ0n) is 12.6. The van der Waals surface area contributed by atoms with Crippen LogP contribution in [0.25, 0.3) is 5.82 Å². The number of aromatic nitrogens is 8. The van der Waals surface area contributed by atoms with Gasteiger partial charge in [-0.05, 0) is 23.8 Å². The van der Waals surface area contributed by atoms with E-state index in [1.165, 1.54) is 17.2 Å². The van der Waals surface area contributed by atoms with Crippen LogP contribution in [-0.2, 0) is 6.42 Å². The normalized spacial score (nSPS) is 12.3. The minimum Gasteiger partial charge on any atom is -0.340 e. The number of rotatable bonds is 6. The Balaban J connectivity index is 1.73. The summed E-state index contributed by atoms with van der Waals surface area (Å²) in [5.41, 5.74) is 0.303. The molecule has 0 radical (unpaired) electrons. The lowest BCUT2D eigenvalue weighted by Gasteiger charge is -2.09. The summed E-state index contributed by atoms with van der Waals surface area (Å²) in [6.45, 7) is 3.79. The van der Waals surface area contributed by atoms with E-state index in [-0.39, 0.29) is 5.91 Å². The van der Waals surface area contributed by atoms with E-state index in [4.69, 9.17) is 4.52 Å². The summed E-state index contributed by atoms with van der Waals surface area (Å²) in [5.74, 6) is 0.999. The van der Waals surface area contributed by atoms with E-state index >= 15 is 0 Å². The Bertz CT molecular complexity index is 776. The van der Waals surface area contributed by atoms with Crippen LogP contribution in [0.2, 0.25) is 0 Å². The van der Waals surface area contributed by atoms with E-state index in [2.05, 4.69) is 41.2 Å². The molecule has 0 aliphatic heterocycles. The van der Waals surface area contributed by atoms with Crippen molar-refractivity contribution in [1.82, 2.24) is 45.9 Å². The average molecular weight is 317 g/mol. The monoisotopic (exact) mass is 317 g/mol. The van der Waals surface area contributed by atoms with E-state index in [9.17, 15) is 4.79 Å². The molecule has 1 amide bonds. The standard InChI is InChI=1S/C12H15N9O2/c1-3-4-9-16-12(23-18-9)7(2)15-11(22)8-5-13-17-10(8)21-6-14-19-20-21/h5-7H,3-4H2,1-2H3,(H,13,17)(H,15,22). The molecule has 11 heteroatoms. The fourth-order valence-corrected chi connectivity index (χ4v) is 1.99. The summed E-state index contributed by atoms with van der Waals surface area (Å²) < 4.78 is 6.48. The molecule has 3 aromatic rings. The summed E-state index contributed by atoms with van der Waals surface area (Å²) >= 11 is 0. The van der Waals surface area contributed by atoms with Gasteiger partial charge >= 0.3 is 0 Å². The summed E-state index contributed by atoms with van der Waals surface area (Å²) in [6.07, 6.45) is 4.41. The minimum absolute atomic E-state index is 0.303. The lowest BCUT2D eigenvalue weighted by Crippen LogP contribution is -2.27. The molecule has 120 valence electrons. The maximum absolute atomic E-state index is 12.4. The zero-order valence-corrected chi connectivity index (χ0v) is 12.6. The molecule has 0 aliphatic carbocycles. The number of aryl methyl sites for hydroxylation is 1. The predicted octanol–water partition coefficient (Wildman–Crippen LogP) is 0.212. The highest BCUT2D eigenvalue weighted by Crippen LogP contribution is 2.14. The summed E-state index contributed by atoms with van der Waals surface area (Å²) in [5, 5.41) is 24.0. The smallest absolute Gasteiger partial charge is 0.257 e. The number of carbonyl (C=O) groups excluding carboxylic acids is 1. The minimum atomic E-state index is -0.433. The van der Waals surface area contributed by atoms with Crippen LogP contribution in [0.1, 0.15) is 48.4 Å². The first kappa shape index (κ1) is 14.8. The Morgan fingerprint density at radius 2 is 2.39 bits per heavy atom. The lowest BCUT2D eigenvalue weighted by molar-refractivity contribution is 0.0932. The first-order valence-electron chi connectivity index (χ1n) is 7.09. The molecular formula is C12H15N9O2. The van der Waals surface area contributed by atoms with Crippen LogP contribution >= 0.6 is 0 Å². The molecule has 0 saturated heterocycles. The third kappa shape index (κ3) is 3.07. The van der Waals surface area contributed by atoms with Gasteiger partial charge in [0.1, 0.15) is 17.9 Å². The van der Waals surface area contributed by atoms with Crippen molar-refractivity contribution in [2.75, 3.05) is 0 Å². The Labute approximate surface area is 130 Å². The van der Waals surface area contributed by atoms with Crippen molar-refractivity contribution in [3.05, 3.63) is 29.8 Å². The quantitative estimate of drug-likeness (QED) is 0.657. The molecule has 0 saturated carbocycles. The number of hydrogen-bond donors (Lipinski definition) is 2. The van der Waals surface area contributed by atoms with Crippen molar-refractivity contribution in [2.24, 2.45) is 0 Å². The van der Waals surface area contributed by atoms with Gasteiger partial charge in [-0.15, -0.1) is 5.10 Å². The molecule has 3 aromatic heterocycles. The van der Waals surface area contributed by atoms with Gasteiger partial charge in [-0.25, -0.2) is 0 Å². The third-order valence-corrected chi connectivity index (χ3v) is 3.12. The number of tetrazole rings is 1. The van der Waals surface area contributed by atoms with E-state index < -0.39 is 6.04 Å². The maximum Gasteiger partial charge on any atom is 0.257 e. The van der Waals surface area contributed by atoms with Gasteiger partial charge in [-0.1, -0.05) is 12.1 Å². The second-order valence-corrected chi connectivity index (χ2v) is 4.88. The molecular weight excluding hydrogens is 302 g/mol. The van der Waals surface area contributed by atoms with Gasteiger partial charge in [0.15, 0.2) is 11.6 Å². The Morgan fingerprint density at radius 3 is 3.13 bits per heavy atom. The van der Waals surface area contributed by atoms with Crippen LogP contribution in [0.4, 0.5) is 0 Å². The van der Waals surface area contributed by atoms with Gasteiger partial charge in [0.05, 0.1) is 6.20 Å². The molecule has 11 nitrogen and oxygen atoms in total. The topological polar surface area (TPSA) is 140 Å². The van der Waals surface area contributed by atoms with Crippen LogP contribution in [0.3, 0.4) is 0 Å². The molecule has 0 fully saturated rings. The van der Waals surface area contributed by atoms with Crippen molar-refractivity contribution < 1.29 is 9.32 Å². The van der Waals surface area contributed by atoms with Gasteiger partial charge in [0.25, 0.3) is 5.91 Å². The van der Waals surface area contributed by atoms with Crippen molar-refractivity contribution in [2.45, 2.75) is 32.7 Å². The Hall–Kier alpha value is -3.11. The van der Waals surface area contributed by atoms with Crippen LogP contribution < -0.4 is 5.32 Å². The first-order chi connectivity index (χ1) is 11.2. The molecule has 1 unspecified atom stereocenters. The summed E-state index contributed by atoms with van der Waals surface area (Å²) in [6, 6.07) is -0.433. The Morgan fingerprint density at radius 1 is 1.52 bits per heavy atom. The zero-order chi connectivity index (χ0) is 16.2. The van der Waals surface area contributed by atoms with E-state index in [1.807, 2.05) is 6.92 Å². The molecule has 2 N–H and O–H groups in total. The highest BCUT2D eigenvalue weighted by Gasteiger charge is 2.21. The summed E-state index contributed by atoms with van der Waals surface area (Å²) in [4.78, 5) is 16.6. The van der Waals surface area contributed by atoms with Gasteiger partial charge in [0, 0.05) is 6.42 Å². The number of nitrogens with one attached hydrogen (secondary N) is 2. The second kappa shape index (κ2) is 6.34. The molecule has 1 atom stereocenters. The molecule has 0 bridgehead atoms. The van der Waals surface area contributed by atoms with E-state index in [0.29, 0.717) is 23.1 Å². The SMILES string of the molecule is CCCc1noc(C(C)NC(=O)c2cn[nH]c2-n2cnnn2)n1. The van der Waals surface area contributed by atoms with Crippen LogP contribution in [-0.4, -0.2) is 46.5 Å². The number of H-pyrrole nitrogens is 1. The molecule has 3 heterocycles. The molecule has 23 heavy (non-hydrogen) atoms. The van der Waals surface area contributed by atoms with Crippen LogP contribution in [0.15, 0.2) is 17.0 Å². The predicted molar refractivity (Wildman–Crippen MR) is 75.5 cm³/mol. The molecule has 0 aliphatic rings. The number of carbonyl (C=O) groups is 1. The van der Waals surface area contributed by atoms with E-state index in [1.54, 1.807) is 6.92 Å². The number of hydrogen-bond acceptors (Lipinski definition) is 8. The molecule has 0 aromatic carbocycles. The summed E-state index contributed by atoms with van der Waals surface area (Å²) in [7, 11) is 0. The third-order valence-electron chi connectivity index (χ3n) is 3.12. The van der Waals surface area contributed by atoms with Gasteiger partial charge in [-0.2, -0.15) is 14.8 Å². The van der Waals surface area contributed by atoms with Crippen molar-refractivity contribution in [1.29, 1.82) is 0 Å². The van der Waals surface area contributed by atoms with Crippen molar-refractivity contribution >= 4 is 5.91 Å². The van der Waals surface area contributed by atoms with Gasteiger partial charge in [-0.3, -0.25) is 9.89 Å². The largest absolute Gasteiger partial charge is 0.340 e. The first-order valence-corrected chi connectivity index (χ1v) is 7.09. The van der Waals surface area contributed by atoms with Crippen LogP contribution in [0.5, 0.6) is 0 Å². The highest BCUT2D eigenvalue weighted by atomic mass is 16.5. The molecule has 3 rings (SSSR count). The molecule has 0 spiro atoms. The van der Waals surface area contributed by atoms with E-state index in [0.717, 1.165) is 12.8 Å². The number of aromatic amines is 1. The second-order valence-electron chi connectivity index (χ2n) is 4.88. The lowest BCUT2D eigenvalue weighted by atomic mass is 10.2. The van der Waals surface area contributed by atoms with Crippen LogP contribution in [0, 0.1) is 0 Å². The van der Waals surface area contributed by atoms with Gasteiger partial charge < -0.3 is 9.84 Å². The number of amides is 1. The Kier molecular flexibility index (Phi) is 4.08. The van der Waals surface area contributed by atoms with Gasteiger partial charge in [0.2, 0.25) is 5.89 Å². The highest BCUT2D eigenvalue weighted by molar-refractivity contribution is 5.97.